The Labute approximate surface area is 127 Å². The van der Waals surface area contributed by atoms with Crippen LogP contribution in [-0.4, -0.2) is 34.0 Å². The van der Waals surface area contributed by atoms with Crippen molar-refractivity contribution in [3.63, 3.8) is 0 Å². The maximum Gasteiger partial charge on any atom is 0.329 e. The molecule has 1 unspecified atom stereocenters. The van der Waals surface area contributed by atoms with E-state index in [0.717, 1.165) is 44.9 Å². The van der Waals surface area contributed by atoms with Gasteiger partial charge < -0.3 is 10.0 Å². The van der Waals surface area contributed by atoms with Gasteiger partial charge in [0.05, 0.1) is 0 Å². The first-order valence-electron chi connectivity index (χ1n) is 8.37. The van der Waals surface area contributed by atoms with Crippen molar-refractivity contribution in [2.45, 2.75) is 77.7 Å². The molecule has 1 heterocycles. The first-order valence-corrected chi connectivity index (χ1v) is 8.37. The summed E-state index contributed by atoms with van der Waals surface area (Å²) in [6.07, 6.45) is 7.32. The van der Waals surface area contributed by atoms with Crippen LogP contribution in [0.2, 0.25) is 0 Å². The summed E-state index contributed by atoms with van der Waals surface area (Å²) in [7, 11) is 0. The lowest BCUT2D eigenvalue weighted by atomic mass is 9.75. The third-order valence-corrected chi connectivity index (χ3v) is 5.41. The summed E-state index contributed by atoms with van der Waals surface area (Å²) in [5.41, 5.74) is -1.32. The average molecular weight is 295 g/mol. The van der Waals surface area contributed by atoms with Crippen LogP contribution in [0.1, 0.15) is 72.1 Å². The first kappa shape index (κ1) is 16.3. The van der Waals surface area contributed by atoms with E-state index < -0.39 is 11.5 Å². The molecule has 1 N–H and O–H groups in total. The van der Waals surface area contributed by atoms with Crippen molar-refractivity contribution in [3.05, 3.63) is 0 Å². The topological polar surface area (TPSA) is 57.6 Å². The summed E-state index contributed by atoms with van der Waals surface area (Å²) in [4.78, 5) is 26.7. The maximum atomic E-state index is 13.2. The molecule has 0 radical (unpaired) electrons. The second-order valence-electron chi connectivity index (χ2n) is 7.58. The van der Waals surface area contributed by atoms with E-state index in [1.165, 1.54) is 0 Å². The fourth-order valence-electron chi connectivity index (χ4n) is 4.29. The van der Waals surface area contributed by atoms with E-state index >= 15 is 0 Å². The van der Waals surface area contributed by atoms with Gasteiger partial charge in [0.15, 0.2) is 0 Å². The highest BCUT2D eigenvalue weighted by Crippen LogP contribution is 2.46. The molecular formula is C17H29NO3. The van der Waals surface area contributed by atoms with Gasteiger partial charge >= 0.3 is 5.97 Å². The summed E-state index contributed by atoms with van der Waals surface area (Å²) in [5, 5.41) is 9.63. The van der Waals surface area contributed by atoms with Crippen LogP contribution in [0.5, 0.6) is 0 Å². The molecular weight excluding hydrogens is 266 g/mol. The van der Waals surface area contributed by atoms with E-state index in [2.05, 4.69) is 13.8 Å². The molecule has 2 rings (SSSR count). The lowest BCUT2D eigenvalue weighted by Crippen LogP contribution is -2.60. The summed E-state index contributed by atoms with van der Waals surface area (Å²) in [6, 6.07) is 0. The molecule has 2 aliphatic rings. The van der Waals surface area contributed by atoms with Crippen LogP contribution in [0, 0.1) is 11.3 Å². The minimum absolute atomic E-state index is 0.110. The first-order chi connectivity index (χ1) is 9.82. The molecule has 1 aliphatic heterocycles. The Kier molecular flexibility index (Phi) is 4.64. The lowest BCUT2D eigenvalue weighted by molar-refractivity contribution is -0.166. The quantitative estimate of drug-likeness (QED) is 0.864. The molecule has 2 fully saturated rings. The fraction of sp³-hybridized carbons (Fsp3) is 0.882. The monoisotopic (exact) mass is 295 g/mol. The number of hydrogen-bond acceptors (Lipinski definition) is 2. The normalized spacial score (nSPS) is 28.9. The number of carbonyl (C=O) groups is 2. The van der Waals surface area contributed by atoms with Crippen LogP contribution < -0.4 is 0 Å². The Morgan fingerprint density at radius 3 is 2.19 bits per heavy atom. The van der Waals surface area contributed by atoms with E-state index in [4.69, 9.17) is 0 Å². The highest BCUT2D eigenvalue weighted by Gasteiger charge is 2.51. The molecule has 0 aromatic rings. The summed E-state index contributed by atoms with van der Waals surface area (Å²) < 4.78 is 0. The van der Waals surface area contributed by atoms with Crippen LogP contribution in [0.25, 0.3) is 0 Å². The van der Waals surface area contributed by atoms with Crippen molar-refractivity contribution in [2.75, 3.05) is 6.54 Å². The molecule has 1 amide bonds. The average Bonchev–Trinajstić information content (AvgIpc) is 2.87. The zero-order valence-electron chi connectivity index (χ0n) is 13.7. The van der Waals surface area contributed by atoms with E-state index in [1.807, 2.05) is 0 Å². The van der Waals surface area contributed by atoms with Crippen molar-refractivity contribution >= 4 is 11.9 Å². The summed E-state index contributed by atoms with van der Waals surface area (Å²) in [6.45, 7) is 6.63. The van der Waals surface area contributed by atoms with E-state index in [0.29, 0.717) is 18.9 Å². The predicted octanol–water partition coefficient (Wildman–Crippen LogP) is 3.45. The van der Waals surface area contributed by atoms with Crippen molar-refractivity contribution in [2.24, 2.45) is 11.3 Å². The van der Waals surface area contributed by atoms with Gasteiger partial charge in [0.2, 0.25) is 5.91 Å². The lowest BCUT2D eigenvalue weighted by Gasteiger charge is -2.46. The minimum Gasteiger partial charge on any atom is -0.480 e. The van der Waals surface area contributed by atoms with Crippen molar-refractivity contribution in [1.82, 2.24) is 4.90 Å². The van der Waals surface area contributed by atoms with E-state index in [-0.39, 0.29) is 11.3 Å². The van der Waals surface area contributed by atoms with Crippen molar-refractivity contribution in [3.8, 4) is 0 Å². The number of rotatable bonds is 4. The van der Waals surface area contributed by atoms with E-state index in [1.54, 1.807) is 11.8 Å². The Bertz CT molecular complexity index is 412. The van der Waals surface area contributed by atoms with Crippen LogP contribution in [0.3, 0.4) is 0 Å². The van der Waals surface area contributed by atoms with Gasteiger partial charge in [-0.05, 0) is 51.4 Å². The minimum atomic E-state index is -1.01. The van der Waals surface area contributed by atoms with Crippen molar-refractivity contribution < 1.29 is 14.7 Å². The van der Waals surface area contributed by atoms with E-state index in [9.17, 15) is 14.7 Å². The van der Waals surface area contributed by atoms with Gasteiger partial charge in [-0.3, -0.25) is 4.79 Å². The smallest absolute Gasteiger partial charge is 0.329 e. The molecule has 4 nitrogen and oxygen atoms in total. The Balaban J connectivity index is 2.28. The van der Waals surface area contributed by atoms with Gasteiger partial charge in [-0.15, -0.1) is 0 Å². The summed E-state index contributed by atoms with van der Waals surface area (Å²) in [5.74, 6) is -0.278. The van der Waals surface area contributed by atoms with Crippen LogP contribution >= 0.6 is 0 Å². The largest absolute Gasteiger partial charge is 0.480 e. The molecule has 120 valence electrons. The molecule has 21 heavy (non-hydrogen) atoms. The fourth-order valence-corrected chi connectivity index (χ4v) is 4.29. The third kappa shape index (κ3) is 2.95. The molecule has 0 aromatic heterocycles. The number of likely N-dealkylation sites (tertiary alicyclic amines) is 1. The van der Waals surface area contributed by atoms with Gasteiger partial charge in [0.1, 0.15) is 5.54 Å². The Hall–Kier alpha value is -1.06. The predicted molar refractivity (Wildman–Crippen MR) is 82.0 cm³/mol. The standard InChI is InChI=1S/C17H29NO3/c1-13(2)12-17(9-4-5-10-17)14(19)18-11-7-6-8-16(18,3)15(20)21/h13H,4-12H2,1-3H3,(H,20,21). The molecule has 1 atom stereocenters. The summed E-state index contributed by atoms with van der Waals surface area (Å²) >= 11 is 0. The SMILES string of the molecule is CC(C)CC1(C(=O)N2CCCCC2(C)C(=O)O)CCCC1. The Morgan fingerprint density at radius 1 is 1.10 bits per heavy atom. The van der Waals surface area contributed by atoms with Gasteiger partial charge in [-0.2, -0.15) is 0 Å². The Morgan fingerprint density at radius 2 is 1.67 bits per heavy atom. The molecule has 1 saturated heterocycles. The second-order valence-corrected chi connectivity index (χ2v) is 7.58. The number of carbonyl (C=O) groups excluding carboxylic acids is 1. The number of carboxylic acid groups (broad SMARTS) is 1. The molecule has 0 spiro atoms. The maximum absolute atomic E-state index is 13.2. The van der Waals surface area contributed by atoms with Gasteiger partial charge in [0, 0.05) is 12.0 Å². The molecule has 0 aromatic carbocycles. The number of piperidine rings is 1. The third-order valence-electron chi connectivity index (χ3n) is 5.41. The second kappa shape index (κ2) is 5.98. The van der Waals surface area contributed by atoms with Crippen LogP contribution in [0.15, 0.2) is 0 Å². The molecule has 0 bridgehead atoms. The highest BCUT2D eigenvalue weighted by atomic mass is 16.4. The van der Waals surface area contributed by atoms with Crippen molar-refractivity contribution in [1.29, 1.82) is 0 Å². The zero-order chi connectivity index (χ0) is 15.7. The highest BCUT2D eigenvalue weighted by molar-refractivity contribution is 5.90. The number of carboxylic acids is 1. The number of hydrogen-bond donors (Lipinski definition) is 1. The molecule has 1 aliphatic carbocycles. The van der Waals surface area contributed by atoms with Crippen LogP contribution in [0.4, 0.5) is 0 Å². The molecule has 1 saturated carbocycles. The van der Waals surface area contributed by atoms with Gasteiger partial charge in [-0.1, -0.05) is 26.7 Å². The van der Waals surface area contributed by atoms with Gasteiger partial charge in [0.25, 0.3) is 0 Å². The number of aliphatic carboxylic acids is 1. The number of amides is 1. The zero-order valence-corrected chi connectivity index (χ0v) is 13.7. The molecule has 4 heteroatoms. The number of nitrogens with zero attached hydrogens (tertiary/aromatic N) is 1. The van der Waals surface area contributed by atoms with Crippen LogP contribution in [-0.2, 0) is 9.59 Å². The van der Waals surface area contributed by atoms with Gasteiger partial charge in [-0.25, -0.2) is 4.79 Å².